The van der Waals surface area contributed by atoms with E-state index in [4.69, 9.17) is 9.68 Å². The molecular weight excluding hydrogens is 320 g/mol. The second kappa shape index (κ2) is 7.36. The minimum Gasteiger partial charge on any atom is -0.466 e. The van der Waals surface area contributed by atoms with Crippen molar-refractivity contribution in [3.05, 3.63) is 47.0 Å². The standard InChI is InChI=1S/C18H22N4O3/c1-12-7-15(13(2)25-12)18(3,24)11-21-17(23)10-22(4)16-6-5-14(8-19)9-20-16/h5-7,9,24H,10-11H2,1-4H3,(H,21,23)/t18-/m0/s1. The summed E-state index contributed by atoms with van der Waals surface area (Å²) in [5.74, 6) is 1.69. The number of furan rings is 1. The van der Waals surface area contributed by atoms with Crippen molar-refractivity contribution in [2.45, 2.75) is 26.4 Å². The molecule has 25 heavy (non-hydrogen) atoms. The number of aliphatic hydroxyl groups is 1. The van der Waals surface area contributed by atoms with Crippen LogP contribution in [0.1, 0.15) is 29.6 Å². The molecule has 0 aliphatic rings. The molecule has 2 heterocycles. The number of nitrogens with zero attached hydrogens (tertiary/aromatic N) is 3. The molecule has 0 radical (unpaired) electrons. The molecule has 0 unspecified atom stereocenters. The number of rotatable bonds is 6. The van der Waals surface area contributed by atoms with E-state index in [0.29, 0.717) is 28.5 Å². The van der Waals surface area contributed by atoms with Gasteiger partial charge in [-0.25, -0.2) is 4.98 Å². The second-order valence-corrected chi connectivity index (χ2v) is 6.25. The Kier molecular flexibility index (Phi) is 5.45. The van der Waals surface area contributed by atoms with Crippen LogP contribution in [0.15, 0.2) is 28.8 Å². The van der Waals surface area contributed by atoms with Crippen LogP contribution in [0.4, 0.5) is 5.82 Å². The molecule has 1 amide bonds. The number of carbonyl (C=O) groups is 1. The van der Waals surface area contributed by atoms with Gasteiger partial charge in [-0.15, -0.1) is 0 Å². The van der Waals surface area contributed by atoms with Gasteiger partial charge in [-0.05, 0) is 39.0 Å². The Bertz CT molecular complexity index is 788. The van der Waals surface area contributed by atoms with E-state index in [1.54, 1.807) is 44.0 Å². The zero-order valence-corrected chi connectivity index (χ0v) is 14.8. The molecule has 0 fully saturated rings. The molecule has 0 saturated heterocycles. The molecule has 132 valence electrons. The van der Waals surface area contributed by atoms with Crippen LogP contribution < -0.4 is 10.2 Å². The lowest BCUT2D eigenvalue weighted by Gasteiger charge is -2.24. The van der Waals surface area contributed by atoms with E-state index >= 15 is 0 Å². The largest absolute Gasteiger partial charge is 0.466 e. The zero-order chi connectivity index (χ0) is 18.6. The second-order valence-electron chi connectivity index (χ2n) is 6.25. The van der Waals surface area contributed by atoms with E-state index in [1.165, 1.54) is 6.20 Å². The number of likely N-dealkylation sites (N-methyl/N-ethyl adjacent to an activating group) is 1. The molecule has 0 aliphatic heterocycles. The fourth-order valence-electron chi connectivity index (χ4n) is 2.56. The normalized spacial score (nSPS) is 13.0. The summed E-state index contributed by atoms with van der Waals surface area (Å²) >= 11 is 0. The van der Waals surface area contributed by atoms with Crippen molar-refractivity contribution >= 4 is 11.7 Å². The summed E-state index contributed by atoms with van der Waals surface area (Å²) in [6, 6.07) is 7.09. The number of anilines is 1. The van der Waals surface area contributed by atoms with Crippen molar-refractivity contribution in [3.8, 4) is 6.07 Å². The topological polar surface area (TPSA) is 102 Å². The van der Waals surface area contributed by atoms with Gasteiger partial charge < -0.3 is 19.7 Å². The molecule has 2 aromatic heterocycles. The van der Waals surface area contributed by atoms with E-state index in [0.717, 1.165) is 0 Å². The molecule has 0 spiro atoms. The van der Waals surface area contributed by atoms with E-state index in [1.807, 2.05) is 13.0 Å². The predicted octanol–water partition coefficient (Wildman–Crippen LogP) is 1.62. The molecule has 0 aliphatic carbocycles. The quantitative estimate of drug-likeness (QED) is 0.827. The molecule has 7 nitrogen and oxygen atoms in total. The Morgan fingerprint density at radius 2 is 2.20 bits per heavy atom. The number of hydrogen-bond acceptors (Lipinski definition) is 6. The lowest BCUT2D eigenvalue weighted by Crippen LogP contribution is -2.42. The van der Waals surface area contributed by atoms with Crippen molar-refractivity contribution in [3.63, 3.8) is 0 Å². The van der Waals surface area contributed by atoms with Crippen LogP contribution in [0.2, 0.25) is 0 Å². The lowest BCUT2D eigenvalue weighted by molar-refractivity contribution is -0.120. The average molecular weight is 342 g/mol. The van der Waals surface area contributed by atoms with E-state index in [9.17, 15) is 9.90 Å². The highest BCUT2D eigenvalue weighted by atomic mass is 16.3. The number of aryl methyl sites for hydroxylation is 2. The summed E-state index contributed by atoms with van der Waals surface area (Å²) in [6.07, 6.45) is 1.46. The Hall–Kier alpha value is -2.85. The summed E-state index contributed by atoms with van der Waals surface area (Å²) in [5.41, 5.74) is -0.0983. The number of hydrogen-bond donors (Lipinski definition) is 2. The highest BCUT2D eigenvalue weighted by Gasteiger charge is 2.28. The van der Waals surface area contributed by atoms with Crippen molar-refractivity contribution in [2.75, 3.05) is 25.0 Å². The third-order valence-electron chi connectivity index (χ3n) is 3.90. The zero-order valence-electron chi connectivity index (χ0n) is 14.8. The third-order valence-corrected chi connectivity index (χ3v) is 3.90. The summed E-state index contributed by atoms with van der Waals surface area (Å²) < 4.78 is 5.44. The number of nitriles is 1. The first-order chi connectivity index (χ1) is 11.7. The van der Waals surface area contributed by atoms with Crippen LogP contribution in [-0.2, 0) is 10.4 Å². The average Bonchev–Trinajstić information content (AvgIpc) is 2.92. The molecule has 0 saturated carbocycles. The monoisotopic (exact) mass is 342 g/mol. The van der Waals surface area contributed by atoms with Gasteiger partial charge in [0, 0.05) is 18.8 Å². The van der Waals surface area contributed by atoms with Gasteiger partial charge in [0.25, 0.3) is 0 Å². The van der Waals surface area contributed by atoms with Gasteiger partial charge in [0.05, 0.1) is 18.7 Å². The predicted molar refractivity (Wildman–Crippen MR) is 93.0 cm³/mol. The van der Waals surface area contributed by atoms with Gasteiger partial charge >= 0.3 is 0 Å². The van der Waals surface area contributed by atoms with Gasteiger partial charge in [0.1, 0.15) is 29.0 Å². The molecule has 1 atom stereocenters. The molecule has 0 bridgehead atoms. The molecule has 7 heteroatoms. The Labute approximate surface area is 146 Å². The smallest absolute Gasteiger partial charge is 0.239 e. The fourth-order valence-corrected chi connectivity index (χ4v) is 2.56. The molecule has 2 rings (SSSR count). The number of aromatic nitrogens is 1. The summed E-state index contributed by atoms with van der Waals surface area (Å²) in [5, 5.41) is 22.1. The number of carbonyl (C=O) groups excluding carboxylic acids is 1. The van der Waals surface area contributed by atoms with Gasteiger partial charge in [-0.1, -0.05) is 0 Å². The van der Waals surface area contributed by atoms with Crippen LogP contribution in [0, 0.1) is 25.2 Å². The third kappa shape index (κ3) is 4.58. The minimum atomic E-state index is -1.22. The van der Waals surface area contributed by atoms with Crippen LogP contribution in [0.5, 0.6) is 0 Å². The number of amides is 1. The van der Waals surface area contributed by atoms with Gasteiger partial charge in [0.2, 0.25) is 5.91 Å². The van der Waals surface area contributed by atoms with E-state index < -0.39 is 5.60 Å². The van der Waals surface area contributed by atoms with Gasteiger partial charge in [-0.3, -0.25) is 4.79 Å². The minimum absolute atomic E-state index is 0.0697. The molecular formula is C18H22N4O3. The summed E-state index contributed by atoms with van der Waals surface area (Å²) in [6.45, 7) is 5.38. The van der Waals surface area contributed by atoms with Gasteiger partial charge in [0.15, 0.2) is 0 Å². The van der Waals surface area contributed by atoms with Crippen LogP contribution in [0.3, 0.4) is 0 Å². The Balaban J connectivity index is 1.93. The van der Waals surface area contributed by atoms with Crippen LogP contribution in [-0.4, -0.2) is 36.1 Å². The van der Waals surface area contributed by atoms with Crippen molar-refractivity contribution in [1.29, 1.82) is 5.26 Å². The first-order valence-corrected chi connectivity index (χ1v) is 7.87. The van der Waals surface area contributed by atoms with Crippen LogP contribution >= 0.6 is 0 Å². The van der Waals surface area contributed by atoms with E-state index in [2.05, 4.69) is 10.3 Å². The SMILES string of the molecule is Cc1cc([C@@](C)(O)CNC(=O)CN(C)c2ccc(C#N)cn2)c(C)o1. The number of pyridine rings is 1. The highest BCUT2D eigenvalue weighted by molar-refractivity contribution is 5.81. The van der Waals surface area contributed by atoms with Crippen molar-refractivity contribution in [1.82, 2.24) is 10.3 Å². The Morgan fingerprint density at radius 3 is 2.72 bits per heavy atom. The maximum atomic E-state index is 12.2. The van der Waals surface area contributed by atoms with Crippen molar-refractivity contribution < 1.29 is 14.3 Å². The first kappa shape index (κ1) is 18.5. The molecule has 2 N–H and O–H groups in total. The van der Waals surface area contributed by atoms with Gasteiger partial charge in [-0.2, -0.15) is 5.26 Å². The van der Waals surface area contributed by atoms with Crippen LogP contribution in [0.25, 0.3) is 0 Å². The lowest BCUT2D eigenvalue weighted by atomic mass is 9.96. The molecule has 2 aromatic rings. The number of nitrogens with one attached hydrogen (secondary N) is 1. The maximum absolute atomic E-state index is 12.2. The Morgan fingerprint density at radius 1 is 1.48 bits per heavy atom. The first-order valence-electron chi connectivity index (χ1n) is 7.87. The molecule has 0 aromatic carbocycles. The summed E-state index contributed by atoms with van der Waals surface area (Å²) in [4.78, 5) is 18.0. The van der Waals surface area contributed by atoms with E-state index in [-0.39, 0.29) is 19.0 Å². The fraction of sp³-hybridized carbons (Fsp3) is 0.389. The van der Waals surface area contributed by atoms with Crippen molar-refractivity contribution in [2.24, 2.45) is 0 Å². The highest BCUT2D eigenvalue weighted by Crippen LogP contribution is 2.26. The summed E-state index contributed by atoms with van der Waals surface area (Å²) in [7, 11) is 1.73. The maximum Gasteiger partial charge on any atom is 0.239 e.